The van der Waals surface area contributed by atoms with Gasteiger partial charge in [0.25, 0.3) is 0 Å². The van der Waals surface area contributed by atoms with Gasteiger partial charge in [-0.05, 0) is 64.7 Å². The first-order valence-corrected chi connectivity index (χ1v) is 8.84. The van der Waals surface area contributed by atoms with Gasteiger partial charge in [-0.15, -0.1) is 0 Å². The van der Waals surface area contributed by atoms with E-state index in [-0.39, 0.29) is 5.60 Å². The van der Waals surface area contributed by atoms with E-state index in [2.05, 4.69) is 31.1 Å². The molecule has 2 fully saturated rings. The van der Waals surface area contributed by atoms with Crippen molar-refractivity contribution < 1.29 is 9.47 Å². The summed E-state index contributed by atoms with van der Waals surface area (Å²) in [7, 11) is 2.12. The average molecular weight is 298 g/mol. The van der Waals surface area contributed by atoms with E-state index in [9.17, 15) is 0 Å². The maximum absolute atomic E-state index is 6.18. The van der Waals surface area contributed by atoms with Crippen molar-refractivity contribution in [2.75, 3.05) is 46.5 Å². The molecule has 2 saturated heterocycles. The molecule has 21 heavy (non-hydrogen) atoms. The number of hydrogen-bond acceptors (Lipinski definition) is 4. The molecule has 0 saturated carbocycles. The topological polar surface area (TPSA) is 33.7 Å². The van der Waals surface area contributed by atoms with Gasteiger partial charge in [0.05, 0.1) is 5.60 Å². The monoisotopic (exact) mass is 298 g/mol. The van der Waals surface area contributed by atoms with E-state index in [1.165, 1.54) is 25.8 Å². The Morgan fingerprint density at radius 2 is 1.90 bits per heavy atom. The standard InChI is InChI=1S/C17H34N2O2/c1-4-19(5-2)10-6-16(18-3)15-7-11-21-17(14-15)8-12-20-13-9-17/h15-16,18H,4-14H2,1-3H3. The van der Waals surface area contributed by atoms with Crippen LogP contribution in [0.25, 0.3) is 0 Å². The fourth-order valence-corrected chi connectivity index (χ4v) is 3.98. The molecule has 4 nitrogen and oxygen atoms in total. The summed E-state index contributed by atoms with van der Waals surface area (Å²) in [4.78, 5) is 2.52. The predicted octanol–water partition coefficient (Wildman–Crippen LogP) is 2.28. The highest BCUT2D eigenvalue weighted by Gasteiger charge is 2.40. The Kier molecular flexibility index (Phi) is 6.93. The molecular formula is C17H34N2O2. The van der Waals surface area contributed by atoms with Crippen LogP contribution >= 0.6 is 0 Å². The Balaban J connectivity index is 1.88. The van der Waals surface area contributed by atoms with Crippen molar-refractivity contribution in [2.45, 2.75) is 57.6 Å². The van der Waals surface area contributed by atoms with E-state index in [1.54, 1.807) is 0 Å². The maximum atomic E-state index is 6.18. The van der Waals surface area contributed by atoms with Crippen molar-refractivity contribution in [3.05, 3.63) is 0 Å². The molecule has 0 radical (unpaired) electrons. The van der Waals surface area contributed by atoms with Gasteiger partial charge < -0.3 is 19.7 Å². The van der Waals surface area contributed by atoms with Gasteiger partial charge >= 0.3 is 0 Å². The van der Waals surface area contributed by atoms with Crippen LogP contribution in [0.5, 0.6) is 0 Å². The Labute approximate surface area is 130 Å². The van der Waals surface area contributed by atoms with Crippen molar-refractivity contribution in [1.82, 2.24) is 10.2 Å². The lowest BCUT2D eigenvalue weighted by molar-refractivity contribution is -0.150. The van der Waals surface area contributed by atoms with Crippen LogP contribution in [-0.4, -0.2) is 63.0 Å². The fraction of sp³-hybridized carbons (Fsp3) is 1.00. The van der Waals surface area contributed by atoms with E-state index in [1.807, 2.05) is 0 Å². The Morgan fingerprint density at radius 3 is 2.52 bits per heavy atom. The van der Waals surface area contributed by atoms with Gasteiger partial charge in [-0.2, -0.15) is 0 Å². The van der Waals surface area contributed by atoms with Gasteiger partial charge in [-0.1, -0.05) is 13.8 Å². The first-order valence-electron chi connectivity index (χ1n) is 8.84. The molecule has 2 aliphatic rings. The zero-order valence-electron chi connectivity index (χ0n) is 14.2. The van der Waals surface area contributed by atoms with Gasteiger partial charge in [-0.3, -0.25) is 0 Å². The third kappa shape index (κ3) is 4.65. The molecule has 2 unspecified atom stereocenters. The first kappa shape index (κ1) is 17.2. The smallest absolute Gasteiger partial charge is 0.0729 e. The second-order valence-corrected chi connectivity index (χ2v) is 6.61. The second kappa shape index (κ2) is 8.47. The molecule has 0 aromatic rings. The quantitative estimate of drug-likeness (QED) is 0.782. The minimum absolute atomic E-state index is 0.117. The van der Waals surface area contributed by atoms with Gasteiger partial charge in [-0.25, -0.2) is 0 Å². The largest absolute Gasteiger partial charge is 0.381 e. The van der Waals surface area contributed by atoms with Gasteiger partial charge in [0.2, 0.25) is 0 Å². The van der Waals surface area contributed by atoms with Crippen LogP contribution in [0.3, 0.4) is 0 Å². The van der Waals surface area contributed by atoms with Crippen LogP contribution in [0.1, 0.15) is 46.0 Å². The molecule has 0 amide bonds. The molecule has 0 aliphatic carbocycles. The molecule has 2 heterocycles. The maximum Gasteiger partial charge on any atom is 0.0729 e. The molecule has 0 bridgehead atoms. The Morgan fingerprint density at radius 1 is 1.19 bits per heavy atom. The zero-order valence-corrected chi connectivity index (χ0v) is 14.2. The van der Waals surface area contributed by atoms with Gasteiger partial charge in [0, 0.05) is 25.9 Å². The van der Waals surface area contributed by atoms with E-state index in [4.69, 9.17) is 9.47 Å². The molecule has 0 aromatic heterocycles. The van der Waals surface area contributed by atoms with E-state index in [0.29, 0.717) is 6.04 Å². The SMILES string of the molecule is CCN(CC)CCC(NC)C1CCOC2(CCOCC2)C1. The van der Waals surface area contributed by atoms with E-state index in [0.717, 1.165) is 51.7 Å². The van der Waals surface area contributed by atoms with Crippen LogP contribution in [-0.2, 0) is 9.47 Å². The summed E-state index contributed by atoms with van der Waals surface area (Å²) in [6.07, 6.45) is 5.81. The minimum Gasteiger partial charge on any atom is -0.381 e. The molecule has 0 aromatic carbocycles. The number of nitrogens with zero attached hydrogens (tertiary/aromatic N) is 1. The molecular weight excluding hydrogens is 264 g/mol. The zero-order chi connectivity index (χ0) is 15.1. The highest BCUT2D eigenvalue weighted by Crippen LogP contribution is 2.38. The van der Waals surface area contributed by atoms with Crippen molar-refractivity contribution in [3.8, 4) is 0 Å². The minimum atomic E-state index is 0.117. The number of ether oxygens (including phenoxy) is 2. The highest BCUT2D eigenvalue weighted by atomic mass is 16.5. The summed E-state index contributed by atoms with van der Waals surface area (Å²) in [5.41, 5.74) is 0.117. The molecule has 2 aliphatic heterocycles. The molecule has 1 N–H and O–H groups in total. The van der Waals surface area contributed by atoms with Crippen LogP contribution in [0, 0.1) is 5.92 Å². The van der Waals surface area contributed by atoms with Gasteiger partial charge in [0.1, 0.15) is 0 Å². The summed E-state index contributed by atoms with van der Waals surface area (Å²) >= 11 is 0. The normalized spacial score (nSPS) is 27.1. The van der Waals surface area contributed by atoms with Crippen LogP contribution < -0.4 is 5.32 Å². The first-order chi connectivity index (χ1) is 10.2. The van der Waals surface area contributed by atoms with Crippen molar-refractivity contribution in [2.24, 2.45) is 5.92 Å². The molecule has 2 atom stereocenters. The van der Waals surface area contributed by atoms with Crippen molar-refractivity contribution in [1.29, 1.82) is 0 Å². The summed E-state index contributed by atoms with van der Waals surface area (Å²) in [6.45, 7) is 10.7. The Bertz CT molecular complexity index is 283. The third-order valence-corrected chi connectivity index (χ3v) is 5.53. The Hall–Kier alpha value is -0.160. The lowest BCUT2D eigenvalue weighted by Gasteiger charge is -2.45. The lowest BCUT2D eigenvalue weighted by Crippen LogP contribution is -2.49. The fourth-order valence-electron chi connectivity index (χ4n) is 3.98. The van der Waals surface area contributed by atoms with Crippen LogP contribution in [0.2, 0.25) is 0 Å². The highest BCUT2D eigenvalue weighted by molar-refractivity contribution is 4.92. The summed E-state index contributed by atoms with van der Waals surface area (Å²) in [6, 6.07) is 0.620. The molecule has 124 valence electrons. The van der Waals surface area contributed by atoms with Gasteiger partial charge in [0.15, 0.2) is 0 Å². The predicted molar refractivity (Wildman–Crippen MR) is 86.7 cm³/mol. The summed E-state index contributed by atoms with van der Waals surface area (Å²) < 4.78 is 11.7. The third-order valence-electron chi connectivity index (χ3n) is 5.53. The molecule has 2 rings (SSSR count). The van der Waals surface area contributed by atoms with Crippen molar-refractivity contribution >= 4 is 0 Å². The molecule has 4 heteroatoms. The summed E-state index contributed by atoms with van der Waals surface area (Å²) in [5.74, 6) is 0.748. The average Bonchev–Trinajstić information content (AvgIpc) is 2.52. The lowest BCUT2D eigenvalue weighted by atomic mass is 9.77. The summed E-state index contributed by atoms with van der Waals surface area (Å²) in [5, 5.41) is 3.58. The van der Waals surface area contributed by atoms with E-state index >= 15 is 0 Å². The molecule has 1 spiro atoms. The van der Waals surface area contributed by atoms with Crippen LogP contribution in [0.4, 0.5) is 0 Å². The van der Waals surface area contributed by atoms with Crippen LogP contribution in [0.15, 0.2) is 0 Å². The van der Waals surface area contributed by atoms with Crippen molar-refractivity contribution in [3.63, 3.8) is 0 Å². The number of hydrogen-bond donors (Lipinski definition) is 1. The number of rotatable bonds is 7. The number of nitrogens with one attached hydrogen (secondary N) is 1. The van der Waals surface area contributed by atoms with E-state index < -0.39 is 0 Å². The second-order valence-electron chi connectivity index (χ2n) is 6.61.